The normalized spacial score (nSPS) is 24.1. The molecule has 86 valence electrons. The Morgan fingerprint density at radius 1 is 1.67 bits per heavy atom. The van der Waals surface area contributed by atoms with Crippen molar-refractivity contribution >= 4 is 5.97 Å². The monoisotopic (exact) mass is 215 g/mol. The van der Waals surface area contributed by atoms with E-state index in [9.17, 15) is 4.79 Å². The lowest BCUT2D eigenvalue weighted by atomic mass is 10.2. The number of hydrogen-bond acceptors (Lipinski definition) is 4. The number of rotatable bonds is 4. The van der Waals surface area contributed by atoms with Crippen molar-refractivity contribution in [3.8, 4) is 0 Å². The highest BCUT2D eigenvalue weighted by Gasteiger charge is 2.18. The lowest BCUT2D eigenvalue weighted by molar-refractivity contribution is -0.132. The maximum atomic E-state index is 10.5. The van der Waals surface area contributed by atoms with E-state index < -0.39 is 5.97 Å². The van der Waals surface area contributed by atoms with Gasteiger partial charge in [-0.3, -0.25) is 4.90 Å². The van der Waals surface area contributed by atoms with Gasteiger partial charge < -0.3 is 14.9 Å². The van der Waals surface area contributed by atoms with Crippen molar-refractivity contribution in [1.82, 2.24) is 4.90 Å². The van der Waals surface area contributed by atoms with Gasteiger partial charge >= 0.3 is 5.97 Å². The highest BCUT2D eigenvalue weighted by Crippen LogP contribution is 2.05. The second kappa shape index (κ2) is 5.85. The molecule has 0 aromatic heterocycles. The van der Waals surface area contributed by atoms with Crippen LogP contribution in [0, 0.1) is 0 Å². The summed E-state index contributed by atoms with van der Waals surface area (Å²) in [5, 5.41) is 17.6. The molecule has 0 saturated carbocycles. The Morgan fingerprint density at radius 3 is 3.00 bits per heavy atom. The van der Waals surface area contributed by atoms with Crippen molar-refractivity contribution in [3.63, 3.8) is 0 Å². The van der Waals surface area contributed by atoms with Crippen molar-refractivity contribution in [2.75, 3.05) is 32.8 Å². The molecule has 1 unspecified atom stereocenters. The molecule has 0 aliphatic carbocycles. The minimum Gasteiger partial charge on any atom is -0.478 e. The zero-order chi connectivity index (χ0) is 11.3. The van der Waals surface area contributed by atoms with Crippen LogP contribution in [0.1, 0.15) is 6.92 Å². The number of carboxylic acids is 1. The fraction of sp³-hybridized carbons (Fsp3) is 0.700. The molecule has 1 aliphatic rings. The van der Waals surface area contributed by atoms with Crippen LogP contribution in [0.4, 0.5) is 0 Å². The van der Waals surface area contributed by atoms with Gasteiger partial charge in [-0.15, -0.1) is 0 Å². The van der Waals surface area contributed by atoms with Gasteiger partial charge in [0.1, 0.15) is 0 Å². The van der Waals surface area contributed by atoms with E-state index in [-0.39, 0.29) is 12.7 Å². The van der Waals surface area contributed by atoms with Crippen LogP contribution in [0.25, 0.3) is 0 Å². The fourth-order valence-electron chi connectivity index (χ4n) is 1.41. The maximum absolute atomic E-state index is 10.5. The second-order valence-corrected chi connectivity index (χ2v) is 3.63. The molecular formula is C10H17NO4. The minimum atomic E-state index is -0.887. The topological polar surface area (TPSA) is 70.0 Å². The lowest BCUT2D eigenvalue weighted by Crippen LogP contribution is -2.44. The molecule has 1 rings (SSSR count). The van der Waals surface area contributed by atoms with E-state index in [2.05, 4.69) is 4.90 Å². The number of ether oxygens (including phenoxy) is 1. The molecule has 0 amide bonds. The summed E-state index contributed by atoms with van der Waals surface area (Å²) >= 11 is 0. The first kappa shape index (κ1) is 12.2. The molecule has 15 heavy (non-hydrogen) atoms. The van der Waals surface area contributed by atoms with Crippen LogP contribution < -0.4 is 0 Å². The number of nitrogens with zero attached hydrogens (tertiary/aromatic N) is 1. The number of hydrogen-bond donors (Lipinski definition) is 2. The number of aliphatic hydroxyl groups is 1. The summed E-state index contributed by atoms with van der Waals surface area (Å²) in [5.74, 6) is -0.887. The lowest BCUT2D eigenvalue weighted by Gasteiger charge is -2.31. The van der Waals surface area contributed by atoms with Gasteiger partial charge in [-0.05, 0) is 6.92 Å². The predicted octanol–water partition coefficient (Wildman–Crippen LogP) is -0.290. The van der Waals surface area contributed by atoms with Crippen molar-refractivity contribution in [2.45, 2.75) is 13.0 Å². The number of aliphatic hydroxyl groups excluding tert-OH is 1. The van der Waals surface area contributed by atoms with Crippen LogP contribution in [0.2, 0.25) is 0 Å². The highest BCUT2D eigenvalue weighted by molar-refractivity contribution is 5.85. The third-order valence-electron chi connectivity index (χ3n) is 2.42. The van der Waals surface area contributed by atoms with E-state index in [4.69, 9.17) is 14.9 Å². The molecule has 0 spiro atoms. The summed E-state index contributed by atoms with van der Waals surface area (Å²) in [6, 6.07) is 0. The Hall–Kier alpha value is -0.910. The SMILES string of the molecule is CC(=CCN1CCOC(CO)C1)C(=O)O. The summed E-state index contributed by atoms with van der Waals surface area (Å²) in [5.41, 5.74) is 0.349. The molecule has 0 bridgehead atoms. The van der Waals surface area contributed by atoms with Gasteiger partial charge in [0.25, 0.3) is 0 Å². The molecule has 1 fully saturated rings. The van der Waals surface area contributed by atoms with Crippen LogP contribution in [0.5, 0.6) is 0 Å². The van der Waals surface area contributed by atoms with Crippen LogP contribution in [-0.4, -0.2) is 60.0 Å². The third kappa shape index (κ3) is 3.99. The van der Waals surface area contributed by atoms with E-state index in [1.54, 1.807) is 13.0 Å². The number of carbonyl (C=O) groups is 1. The predicted molar refractivity (Wildman–Crippen MR) is 54.7 cm³/mol. The van der Waals surface area contributed by atoms with Crippen molar-refractivity contribution in [2.24, 2.45) is 0 Å². The van der Waals surface area contributed by atoms with Gasteiger partial charge in [-0.1, -0.05) is 6.08 Å². The van der Waals surface area contributed by atoms with Gasteiger partial charge in [-0.2, -0.15) is 0 Å². The van der Waals surface area contributed by atoms with E-state index in [0.717, 1.165) is 6.54 Å². The Kier molecular flexibility index (Phi) is 4.74. The van der Waals surface area contributed by atoms with Gasteiger partial charge in [-0.25, -0.2) is 4.79 Å². The summed E-state index contributed by atoms with van der Waals surface area (Å²) in [6.07, 6.45) is 1.54. The molecular weight excluding hydrogens is 198 g/mol. The Bertz CT molecular complexity index is 252. The molecule has 5 heteroatoms. The summed E-state index contributed by atoms with van der Waals surface area (Å²) < 4.78 is 5.28. The maximum Gasteiger partial charge on any atom is 0.330 e. The van der Waals surface area contributed by atoms with Crippen molar-refractivity contribution < 1.29 is 19.7 Å². The molecule has 0 aromatic carbocycles. The Labute approximate surface area is 89.0 Å². The summed E-state index contributed by atoms with van der Waals surface area (Å²) in [7, 11) is 0. The summed E-state index contributed by atoms with van der Waals surface area (Å²) in [4.78, 5) is 12.6. The molecule has 0 radical (unpaired) electrons. The standard InChI is InChI=1S/C10H17NO4/c1-8(10(13)14)2-3-11-4-5-15-9(6-11)7-12/h2,9,12H,3-7H2,1H3,(H,13,14). The van der Waals surface area contributed by atoms with E-state index in [0.29, 0.717) is 25.3 Å². The van der Waals surface area contributed by atoms with Crippen molar-refractivity contribution in [1.29, 1.82) is 0 Å². The molecule has 5 nitrogen and oxygen atoms in total. The summed E-state index contributed by atoms with van der Waals surface area (Å²) in [6.45, 7) is 4.20. The van der Waals surface area contributed by atoms with Crippen LogP contribution in [0.15, 0.2) is 11.6 Å². The third-order valence-corrected chi connectivity index (χ3v) is 2.42. The van der Waals surface area contributed by atoms with E-state index in [1.165, 1.54) is 0 Å². The highest BCUT2D eigenvalue weighted by atomic mass is 16.5. The molecule has 2 N–H and O–H groups in total. The molecule has 1 aliphatic heterocycles. The largest absolute Gasteiger partial charge is 0.478 e. The van der Waals surface area contributed by atoms with Gasteiger partial charge in [0.15, 0.2) is 0 Å². The molecule has 1 saturated heterocycles. The van der Waals surface area contributed by atoms with Crippen LogP contribution in [-0.2, 0) is 9.53 Å². The second-order valence-electron chi connectivity index (χ2n) is 3.63. The van der Waals surface area contributed by atoms with Gasteiger partial charge in [0.05, 0.1) is 19.3 Å². The zero-order valence-corrected chi connectivity index (χ0v) is 8.85. The average molecular weight is 215 g/mol. The minimum absolute atomic E-state index is 0.0120. The Balaban J connectivity index is 2.38. The van der Waals surface area contributed by atoms with Gasteiger partial charge in [0.2, 0.25) is 0 Å². The quantitative estimate of drug-likeness (QED) is 0.631. The Morgan fingerprint density at radius 2 is 2.40 bits per heavy atom. The average Bonchev–Trinajstić information content (AvgIpc) is 2.26. The molecule has 1 atom stereocenters. The number of morpholine rings is 1. The zero-order valence-electron chi connectivity index (χ0n) is 8.85. The first-order valence-corrected chi connectivity index (χ1v) is 4.98. The fourth-order valence-corrected chi connectivity index (χ4v) is 1.41. The number of carboxylic acid groups (broad SMARTS) is 1. The van der Waals surface area contributed by atoms with Crippen molar-refractivity contribution in [3.05, 3.63) is 11.6 Å². The molecule has 0 aromatic rings. The smallest absolute Gasteiger partial charge is 0.330 e. The van der Waals surface area contributed by atoms with Gasteiger partial charge in [0, 0.05) is 25.2 Å². The van der Waals surface area contributed by atoms with E-state index in [1.807, 2.05) is 0 Å². The van der Waals surface area contributed by atoms with E-state index >= 15 is 0 Å². The first-order valence-electron chi connectivity index (χ1n) is 4.98. The molecule has 1 heterocycles. The van der Waals surface area contributed by atoms with Crippen LogP contribution >= 0.6 is 0 Å². The number of aliphatic carboxylic acids is 1. The van der Waals surface area contributed by atoms with Crippen LogP contribution in [0.3, 0.4) is 0 Å². The first-order chi connectivity index (χ1) is 7.13.